The first-order valence-corrected chi connectivity index (χ1v) is 6.62. The number of benzene rings is 1. The number of halogens is 2. The molecule has 2 rings (SSSR count). The van der Waals surface area contributed by atoms with Gasteiger partial charge in [-0.1, -0.05) is 50.0 Å². The highest BCUT2D eigenvalue weighted by atomic mass is 35.5. The van der Waals surface area contributed by atoms with E-state index in [0.29, 0.717) is 21.6 Å². The quantitative estimate of drug-likeness (QED) is 0.920. The van der Waals surface area contributed by atoms with Crippen molar-refractivity contribution in [3.63, 3.8) is 0 Å². The maximum absolute atomic E-state index is 11.1. The van der Waals surface area contributed by atoms with E-state index in [2.05, 4.69) is 10.1 Å². The summed E-state index contributed by atoms with van der Waals surface area (Å²) in [5.41, 5.74) is 0.0178. The number of nitrogens with zero attached hydrogens (tertiary/aromatic N) is 3. The Balaban J connectivity index is 2.76. The van der Waals surface area contributed by atoms with Crippen LogP contribution in [0.4, 0.5) is 0 Å². The molecule has 7 heteroatoms. The van der Waals surface area contributed by atoms with Crippen molar-refractivity contribution >= 4 is 29.2 Å². The Bertz CT molecular complexity index is 654. The first-order valence-electron chi connectivity index (χ1n) is 5.87. The lowest BCUT2D eigenvalue weighted by atomic mass is 9.95. The lowest BCUT2D eigenvalue weighted by Crippen LogP contribution is -2.19. The number of hydrogen-bond donors (Lipinski definition) is 1. The van der Waals surface area contributed by atoms with Gasteiger partial charge in [0.05, 0.1) is 10.0 Å². The molecule has 0 aliphatic rings. The van der Waals surface area contributed by atoms with Crippen LogP contribution in [0.25, 0.3) is 5.69 Å². The van der Waals surface area contributed by atoms with Crippen LogP contribution in [-0.2, 0) is 5.41 Å². The maximum Gasteiger partial charge on any atom is 0.375 e. The van der Waals surface area contributed by atoms with E-state index in [1.165, 1.54) is 4.68 Å². The van der Waals surface area contributed by atoms with E-state index < -0.39 is 11.4 Å². The SMILES string of the molecule is CC(C)(C)c1nc(C(=O)O)nn1-c1c(Cl)cccc1Cl. The number of aromatic carboxylic acids is 1. The molecule has 20 heavy (non-hydrogen) atoms. The molecule has 1 N–H and O–H groups in total. The molecule has 1 aromatic heterocycles. The van der Waals surface area contributed by atoms with Crippen LogP contribution in [0.1, 0.15) is 37.2 Å². The van der Waals surface area contributed by atoms with Crippen LogP contribution in [0.3, 0.4) is 0 Å². The highest BCUT2D eigenvalue weighted by Gasteiger charge is 2.27. The number of para-hydroxylation sites is 1. The van der Waals surface area contributed by atoms with E-state index in [9.17, 15) is 4.79 Å². The first kappa shape index (κ1) is 14.8. The minimum atomic E-state index is -1.20. The van der Waals surface area contributed by atoms with Crippen LogP contribution in [0.2, 0.25) is 10.0 Å². The summed E-state index contributed by atoms with van der Waals surface area (Å²) in [4.78, 5) is 15.2. The van der Waals surface area contributed by atoms with Gasteiger partial charge in [-0.2, -0.15) is 0 Å². The van der Waals surface area contributed by atoms with Crippen LogP contribution in [-0.4, -0.2) is 25.8 Å². The fourth-order valence-electron chi connectivity index (χ4n) is 1.74. The molecule has 0 unspecified atom stereocenters. The Labute approximate surface area is 126 Å². The van der Waals surface area contributed by atoms with Gasteiger partial charge in [-0.3, -0.25) is 0 Å². The topological polar surface area (TPSA) is 68.0 Å². The van der Waals surface area contributed by atoms with Gasteiger partial charge in [0.1, 0.15) is 11.5 Å². The molecule has 2 aromatic rings. The molecule has 0 bridgehead atoms. The van der Waals surface area contributed by atoms with Gasteiger partial charge < -0.3 is 5.11 Å². The third kappa shape index (κ3) is 2.64. The van der Waals surface area contributed by atoms with Crippen LogP contribution in [0, 0.1) is 0 Å². The van der Waals surface area contributed by atoms with E-state index >= 15 is 0 Å². The summed E-state index contributed by atoms with van der Waals surface area (Å²) < 4.78 is 1.40. The minimum Gasteiger partial charge on any atom is -0.475 e. The molecule has 0 aliphatic heterocycles. The largest absolute Gasteiger partial charge is 0.475 e. The van der Waals surface area contributed by atoms with Crippen molar-refractivity contribution in [3.8, 4) is 5.69 Å². The molecule has 0 amide bonds. The molecular formula is C13H13Cl2N3O2. The number of aromatic nitrogens is 3. The fraction of sp³-hybridized carbons (Fsp3) is 0.308. The summed E-state index contributed by atoms with van der Waals surface area (Å²) in [6, 6.07) is 5.04. The summed E-state index contributed by atoms with van der Waals surface area (Å²) in [5.74, 6) is -1.01. The van der Waals surface area contributed by atoms with Crippen LogP contribution in [0.5, 0.6) is 0 Å². The summed E-state index contributed by atoms with van der Waals surface area (Å²) in [7, 11) is 0. The Morgan fingerprint density at radius 3 is 2.25 bits per heavy atom. The van der Waals surface area contributed by atoms with Gasteiger partial charge in [0.15, 0.2) is 0 Å². The first-order chi connectivity index (χ1) is 9.21. The van der Waals surface area contributed by atoms with E-state index in [1.54, 1.807) is 18.2 Å². The zero-order valence-corrected chi connectivity index (χ0v) is 12.7. The maximum atomic E-state index is 11.1. The van der Waals surface area contributed by atoms with Crippen LogP contribution >= 0.6 is 23.2 Å². The Hall–Kier alpha value is -1.59. The Kier molecular flexibility index (Phi) is 3.75. The average molecular weight is 314 g/mol. The van der Waals surface area contributed by atoms with Crippen LogP contribution in [0.15, 0.2) is 18.2 Å². The molecule has 0 saturated heterocycles. The molecule has 5 nitrogen and oxygen atoms in total. The van der Waals surface area contributed by atoms with E-state index in [1.807, 2.05) is 20.8 Å². The van der Waals surface area contributed by atoms with E-state index in [-0.39, 0.29) is 5.82 Å². The molecule has 0 saturated carbocycles. The van der Waals surface area contributed by atoms with Gasteiger partial charge in [0, 0.05) is 5.41 Å². The summed E-state index contributed by atoms with van der Waals surface area (Å²) in [5, 5.41) is 13.8. The standard InChI is InChI=1S/C13H13Cl2N3O2/c1-13(2,3)12-16-10(11(19)20)17-18(12)9-7(14)5-4-6-8(9)15/h4-6H,1-3H3,(H,19,20). The average Bonchev–Trinajstić information content (AvgIpc) is 2.73. The highest BCUT2D eigenvalue weighted by molar-refractivity contribution is 6.37. The zero-order valence-electron chi connectivity index (χ0n) is 11.2. The molecule has 106 valence electrons. The number of carboxylic acid groups (broad SMARTS) is 1. The monoisotopic (exact) mass is 313 g/mol. The fourth-order valence-corrected chi connectivity index (χ4v) is 2.29. The second kappa shape index (κ2) is 5.07. The molecule has 1 aromatic carbocycles. The van der Waals surface area contributed by atoms with Crippen molar-refractivity contribution in [2.45, 2.75) is 26.2 Å². The third-order valence-corrected chi connectivity index (χ3v) is 3.23. The second-order valence-corrected chi connectivity index (χ2v) is 6.11. The molecule has 0 radical (unpaired) electrons. The zero-order chi connectivity index (χ0) is 15.1. The smallest absolute Gasteiger partial charge is 0.375 e. The van der Waals surface area contributed by atoms with Crippen molar-refractivity contribution < 1.29 is 9.90 Å². The number of rotatable bonds is 2. The lowest BCUT2D eigenvalue weighted by molar-refractivity contribution is 0.0683. The van der Waals surface area contributed by atoms with Gasteiger partial charge in [0.25, 0.3) is 5.82 Å². The number of carbonyl (C=O) groups is 1. The predicted molar refractivity (Wildman–Crippen MR) is 77.0 cm³/mol. The van der Waals surface area contributed by atoms with Crippen LogP contribution < -0.4 is 0 Å². The summed E-state index contributed by atoms with van der Waals surface area (Å²) in [6.45, 7) is 5.72. The number of carboxylic acids is 1. The molecule has 0 aliphatic carbocycles. The summed E-state index contributed by atoms with van der Waals surface area (Å²) >= 11 is 12.3. The van der Waals surface area contributed by atoms with E-state index in [0.717, 1.165) is 0 Å². The van der Waals surface area contributed by atoms with Crippen molar-refractivity contribution in [1.29, 1.82) is 0 Å². The Morgan fingerprint density at radius 2 is 1.80 bits per heavy atom. The van der Waals surface area contributed by atoms with Gasteiger partial charge in [-0.05, 0) is 12.1 Å². The van der Waals surface area contributed by atoms with E-state index in [4.69, 9.17) is 28.3 Å². The van der Waals surface area contributed by atoms with Gasteiger partial charge >= 0.3 is 5.97 Å². The molecule has 1 heterocycles. The van der Waals surface area contributed by atoms with Crippen molar-refractivity contribution in [1.82, 2.24) is 14.8 Å². The molecule has 0 atom stereocenters. The van der Waals surface area contributed by atoms with Gasteiger partial charge in [-0.25, -0.2) is 14.5 Å². The molecule has 0 spiro atoms. The van der Waals surface area contributed by atoms with Gasteiger partial charge in [-0.15, -0.1) is 5.10 Å². The Morgan fingerprint density at radius 1 is 1.25 bits per heavy atom. The van der Waals surface area contributed by atoms with Gasteiger partial charge in [0.2, 0.25) is 0 Å². The lowest BCUT2D eigenvalue weighted by Gasteiger charge is -2.19. The van der Waals surface area contributed by atoms with Crippen molar-refractivity contribution in [3.05, 3.63) is 39.9 Å². The predicted octanol–water partition coefficient (Wildman–Crippen LogP) is 3.57. The molecule has 0 fully saturated rings. The second-order valence-electron chi connectivity index (χ2n) is 5.30. The van der Waals surface area contributed by atoms with Crippen molar-refractivity contribution in [2.75, 3.05) is 0 Å². The normalized spacial score (nSPS) is 11.7. The third-order valence-electron chi connectivity index (χ3n) is 2.62. The summed E-state index contributed by atoms with van der Waals surface area (Å²) in [6.07, 6.45) is 0. The number of hydrogen-bond acceptors (Lipinski definition) is 3. The van der Waals surface area contributed by atoms with Crippen molar-refractivity contribution in [2.24, 2.45) is 0 Å². The molecular weight excluding hydrogens is 301 g/mol. The minimum absolute atomic E-state index is 0.286. The highest BCUT2D eigenvalue weighted by Crippen LogP contribution is 2.31.